The molecule has 4 aromatic rings. The molecule has 0 amide bonds. The van der Waals surface area contributed by atoms with E-state index in [4.69, 9.17) is 5.26 Å². The fraction of sp³-hybridized carbons (Fsp3) is 0.321. The first-order chi connectivity index (χ1) is 17.6. The van der Waals surface area contributed by atoms with Crippen LogP contribution in [0.3, 0.4) is 0 Å². The van der Waals surface area contributed by atoms with Gasteiger partial charge in [-0.25, -0.2) is 0 Å². The maximum atomic E-state index is 9.34. The standard InChI is InChI=1S/C28H29N7O/c1-19(17-36)31-24-8-10-33(11-9-24)25-6-7-26-23(12-25)16-34-15-22(21-4-2-20(14-29)3-5-21)13-27(34)28-32-30-18-35(26)28/h2-7,12-13,15,18-19,24,31,36H,8-11,16-17H2,1H3/t19-/m0/s1. The van der Waals surface area contributed by atoms with Crippen molar-refractivity contribution in [2.45, 2.75) is 38.4 Å². The number of hydrogen-bond acceptors (Lipinski definition) is 6. The molecule has 2 aromatic heterocycles. The van der Waals surface area contributed by atoms with Gasteiger partial charge in [-0.2, -0.15) is 5.26 Å². The maximum absolute atomic E-state index is 9.34. The fourth-order valence-electron chi connectivity index (χ4n) is 5.38. The molecule has 0 unspecified atom stereocenters. The molecule has 2 aliphatic heterocycles. The number of nitrogens with zero attached hydrogens (tertiary/aromatic N) is 6. The number of rotatable bonds is 5. The zero-order chi connectivity index (χ0) is 24.6. The highest BCUT2D eigenvalue weighted by molar-refractivity contribution is 5.72. The van der Waals surface area contributed by atoms with E-state index in [1.807, 2.05) is 31.2 Å². The number of hydrogen-bond donors (Lipinski definition) is 2. The predicted octanol–water partition coefficient (Wildman–Crippen LogP) is 3.58. The van der Waals surface area contributed by atoms with E-state index in [0.29, 0.717) is 11.6 Å². The summed E-state index contributed by atoms with van der Waals surface area (Å²) in [5.74, 6) is 0.825. The Labute approximate surface area is 210 Å². The van der Waals surface area contributed by atoms with Crippen LogP contribution in [-0.4, -0.2) is 56.2 Å². The normalized spacial score (nSPS) is 16.0. The molecule has 8 nitrogen and oxygen atoms in total. The molecule has 36 heavy (non-hydrogen) atoms. The van der Waals surface area contributed by atoms with Gasteiger partial charge < -0.3 is 19.9 Å². The van der Waals surface area contributed by atoms with Crippen LogP contribution in [0, 0.1) is 11.3 Å². The number of benzene rings is 2. The van der Waals surface area contributed by atoms with Crippen molar-refractivity contribution in [3.05, 3.63) is 72.2 Å². The van der Waals surface area contributed by atoms with Gasteiger partial charge in [0.25, 0.3) is 0 Å². The van der Waals surface area contributed by atoms with Gasteiger partial charge in [0.05, 0.1) is 29.6 Å². The van der Waals surface area contributed by atoms with Gasteiger partial charge in [0.15, 0.2) is 5.82 Å². The quantitative estimate of drug-likeness (QED) is 0.400. The van der Waals surface area contributed by atoms with Gasteiger partial charge >= 0.3 is 0 Å². The summed E-state index contributed by atoms with van der Waals surface area (Å²) in [6.45, 7) is 4.92. The van der Waals surface area contributed by atoms with Gasteiger partial charge in [0.1, 0.15) is 6.33 Å². The minimum Gasteiger partial charge on any atom is -0.395 e. The summed E-state index contributed by atoms with van der Waals surface area (Å²) in [5.41, 5.74) is 7.41. The zero-order valence-electron chi connectivity index (χ0n) is 20.3. The van der Waals surface area contributed by atoms with E-state index in [-0.39, 0.29) is 12.6 Å². The van der Waals surface area contributed by atoms with Crippen LogP contribution in [0.15, 0.2) is 61.1 Å². The molecule has 2 aromatic carbocycles. The largest absolute Gasteiger partial charge is 0.395 e. The number of aliphatic hydroxyl groups excluding tert-OH is 1. The predicted molar refractivity (Wildman–Crippen MR) is 139 cm³/mol. The molecule has 6 rings (SSSR count). The number of aromatic nitrogens is 4. The van der Waals surface area contributed by atoms with Gasteiger partial charge in [0.2, 0.25) is 0 Å². The molecule has 0 radical (unpaired) electrons. The van der Waals surface area contributed by atoms with Crippen LogP contribution < -0.4 is 10.2 Å². The highest BCUT2D eigenvalue weighted by atomic mass is 16.3. The average molecular weight is 480 g/mol. The Kier molecular flexibility index (Phi) is 5.80. The van der Waals surface area contributed by atoms with Crippen LogP contribution in [0.5, 0.6) is 0 Å². The summed E-state index contributed by atoms with van der Waals surface area (Å²) >= 11 is 0. The molecule has 1 saturated heterocycles. The number of nitrogens with one attached hydrogen (secondary N) is 1. The van der Waals surface area contributed by atoms with Crippen molar-refractivity contribution in [2.24, 2.45) is 0 Å². The van der Waals surface area contributed by atoms with Crippen LogP contribution in [0.2, 0.25) is 0 Å². The first-order valence-electron chi connectivity index (χ1n) is 12.5. The minimum atomic E-state index is 0.136. The smallest absolute Gasteiger partial charge is 0.185 e. The Hall–Kier alpha value is -3.93. The highest BCUT2D eigenvalue weighted by Gasteiger charge is 2.25. The lowest BCUT2D eigenvalue weighted by Gasteiger charge is -2.35. The number of fused-ring (bicyclic) bond motifs is 5. The zero-order valence-corrected chi connectivity index (χ0v) is 20.3. The summed E-state index contributed by atoms with van der Waals surface area (Å²) in [6.07, 6.45) is 6.08. The summed E-state index contributed by atoms with van der Waals surface area (Å²) < 4.78 is 4.32. The van der Waals surface area contributed by atoms with Crippen LogP contribution in [0.1, 0.15) is 30.9 Å². The summed E-state index contributed by atoms with van der Waals surface area (Å²) in [7, 11) is 0. The molecular weight excluding hydrogens is 450 g/mol. The SMILES string of the molecule is C[C@@H](CO)NC1CCN(c2ccc3c(c2)Cn2cc(-c4ccc(C#N)cc4)cc2-c2nncn2-3)CC1. The van der Waals surface area contributed by atoms with Gasteiger partial charge in [-0.05, 0) is 67.3 Å². The maximum Gasteiger partial charge on any atom is 0.185 e. The molecular formula is C28H29N7O. The molecule has 1 fully saturated rings. The summed E-state index contributed by atoms with van der Waals surface area (Å²) in [6, 6.07) is 19.3. The van der Waals surface area contributed by atoms with E-state index in [0.717, 1.165) is 60.8 Å². The van der Waals surface area contributed by atoms with E-state index in [1.54, 1.807) is 6.33 Å². The second-order valence-corrected chi connectivity index (χ2v) is 9.78. The van der Waals surface area contributed by atoms with Crippen molar-refractivity contribution < 1.29 is 5.11 Å². The van der Waals surface area contributed by atoms with E-state index in [1.165, 1.54) is 11.3 Å². The van der Waals surface area contributed by atoms with Crippen molar-refractivity contribution >= 4 is 5.69 Å². The van der Waals surface area contributed by atoms with Crippen LogP contribution >= 0.6 is 0 Å². The van der Waals surface area contributed by atoms with E-state index < -0.39 is 0 Å². The number of aliphatic hydroxyl groups is 1. The lowest BCUT2D eigenvalue weighted by Crippen LogP contribution is -2.46. The molecule has 0 aliphatic carbocycles. The van der Waals surface area contributed by atoms with E-state index in [9.17, 15) is 5.11 Å². The first-order valence-corrected chi connectivity index (χ1v) is 12.5. The van der Waals surface area contributed by atoms with Crippen molar-refractivity contribution in [3.8, 4) is 34.4 Å². The number of nitriles is 1. The third-order valence-electron chi connectivity index (χ3n) is 7.34. The minimum absolute atomic E-state index is 0.136. The van der Waals surface area contributed by atoms with Gasteiger partial charge in [-0.3, -0.25) is 4.57 Å². The Bertz CT molecular complexity index is 1420. The average Bonchev–Trinajstić information content (AvgIpc) is 3.54. The van der Waals surface area contributed by atoms with E-state index >= 15 is 0 Å². The Morgan fingerprint density at radius 1 is 1.11 bits per heavy atom. The van der Waals surface area contributed by atoms with Crippen molar-refractivity contribution in [1.29, 1.82) is 5.26 Å². The number of anilines is 1. The highest BCUT2D eigenvalue weighted by Crippen LogP contribution is 2.35. The molecule has 1 atom stereocenters. The molecule has 0 spiro atoms. The monoisotopic (exact) mass is 479 g/mol. The molecule has 182 valence electrons. The summed E-state index contributed by atoms with van der Waals surface area (Å²) in [5, 5.41) is 30.7. The second kappa shape index (κ2) is 9.26. The molecule has 8 heteroatoms. The van der Waals surface area contributed by atoms with Crippen molar-refractivity contribution in [3.63, 3.8) is 0 Å². The van der Waals surface area contributed by atoms with Crippen molar-refractivity contribution in [1.82, 2.24) is 24.6 Å². The van der Waals surface area contributed by atoms with Crippen LogP contribution in [-0.2, 0) is 6.54 Å². The van der Waals surface area contributed by atoms with Gasteiger partial charge in [-0.15, -0.1) is 10.2 Å². The Balaban J connectivity index is 1.30. The first kappa shape index (κ1) is 22.5. The lowest BCUT2D eigenvalue weighted by atomic mass is 10.0. The third kappa shape index (κ3) is 4.06. The molecule has 2 N–H and O–H groups in total. The fourth-order valence-corrected chi connectivity index (χ4v) is 5.38. The summed E-state index contributed by atoms with van der Waals surface area (Å²) in [4.78, 5) is 2.46. The molecule has 2 aliphatic rings. The Morgan fingerprint density at radius 3 is 2.67 bits per heavy atom. The molecule has 0 saturated carbocycles. The van der Waals surface area contributed by atoms with Gasteiger partial charge in [0, 0.05) is 49.2 Å². The molecule has 4 heterocycles. The topological polar surface area (TPSA) is 94.9 Å². The van der Waals surface area contributed by atoms with E-state index in [2.05, 4.69) is 66.1 Å². The van der Waals surface area contributed by atoms with Crippen molar-refractivity contribution in [2.75, 3.05) is 24.6 Å². The van der Waals surface area contributed by atoms with Crippen LogP contribution in [0.4, 0.5) is 5.69 Å². The second-order valence-electron chi connectivity index (χ2n) is 9.78. The third-order valence-corrected chi connectivity index (χ3v) is 7.34. The van der Waals surface area contributed by atoms with Crippen LogP contribution in [0.25, 0.3) is 28.3 Å². The lowest BCUT2D eigenvalue weighted by molar-refractivity contribution is 0.233. The molecule has 0 bridgehead atoms. The number of piperidine rings is 1. The van der Waals surface area contributed by atoms with Gasteiger partial charge in [-0.1, -0.05) is 12.1 Å². The Morgan fingerprint density at radius 2 is 1.92 bits per heavy atom.